The third-order valence-corrected chi connectivity index (χ3v) is 2.83. The van der Waals surface area contributed by atoms with Gasteiger partial charge >= 0.3 is 5.97 Å². The van der Waals surface area contributed by atoms with Crippen molar-refractivity contribution in [3.8, 4) is 0 Å². The molecule has 0 aromatic heterocycles. The van der Waals surface area contributed by atoms with Crippen LogP contribution in [0.4, 0.5) is 5.69 Å². The Kier molecular flexibility index (Phi) is 4.87. The molecule has 0 aliphatic carbocycles. The van der Waals surface area contributed by atoms with Crippen molar-refractivity contribution in [2.75, 3.05) is 5.32 Å². The summed E-state index contributed by atoms with van der Waals surface area (Å²) in [5, 5.41) is 11.7. The zero-order chi connectivity index (χ0) is 14.6. The molecule has 19 heavy (non-hydrogen) atoms. The van der Waals surface area contributed by atoms with Crippen LogP contribution in [0.3, 0.4) is 0 Å². The second-order valence-electron chi connectivity index (χ2n) is 4.89. The zero-order valence-electron chi connectivity index (χ0n) is 11.5. The highest BCUT2D eigenvalue weighted by Gasteiger charge is 2.14. The Hall–Kier alpha value is -2.10. The zero-order valence-corrected chi connectivity index (χ0v) is 11.5. The van der Waals surface area contributed by atoms with Gasteiger partial charge in [-0.1, -0.05) is 12.5 Å². The number of nitrogens with one attached hydrogen (secondary N) is 1. The van der Waals surface area contributed by atoms with Crippen molar-refractivity contribution in [2.24, 2.45) is 5.92 Å². The predicted molar refractivity (Wildman–Crippen MR) is 75.4 cm³/mol. The van der Waals surface area contributed by atoms with Crippen molar-refractivity contribution in [3.05, 3.63) is 41.5 Å². The van der Waals surface area contributed by atoms with E-state index in [0.29, 0.717) is 17.7 Å². The van der Waals surface area contributed by atoms with E-state index in [1.165, 1.54) is 6.07 Å². The van der Waals surface area contributed by atoms with Gasteiger partial charge in [0.2, 0.25) is 5.91 Å². The normalized spacial score (nSPS) is 11.7. The summed E-state index contributed by atoms with van der Waals surface area (Å²) in [7, 11) is 0. The standard InChI is InChI=1S/C15H19NO3/c1-9(2)7-11(4)14(17)16-12-5-6-13(15(18)19)10(3)8-12/h5-6,8,11H,1,7H2,2-4H3,(H,16,17)(H,18,19). The van der Waals surface area contributed by atoms with Crippen molar-refractivity contribution in [2.45, 2.75) is 27.2 Å². The van der Waals surface area contributed by atoms with Gasteiger partial charge in [0.25, 0.3) is 0 Å². The van der Waals surface area contributed by atoms with Crippen LogP contribution >= 0.6 is 0 Å². The summed E-state index contributed by atoms with van der Waals surface area (Å²) in [4.78, 5) is 22.8. The summed E-state index contributed by atoms with van der Waals surface area (Å²) in [6.45, 7) is 9.21. The van der Waals surface area contributed by atoms with Crippen molar-refractivity contribution < 1.29 is 14.7 Å². The molecule has 0 radical (unpaired) electrons. The van der Waals surface area contributed by atoms with E-state index in [2.05, 4.69) is 11.9 Å². The lowest BCUT2D eigenvalue weighted by Gasteiger charge is -2.13. The van der Waals surface area contributed by atoms with Gasteiger partial charge in [-0.2, -0.15) is 0 Å². The molecule has 0 aliphatic rings. The molecular formula is C15H19NO3. The molecule has 1 aromatic carbocycles. The summed E-state index contributed by atoms with van der Waals surface area (Å²) in [5.41, 5.74) is 2.44. The van der Waals surface area contributed by atoms with Crippen LogP contribution in [0.1, 0.15) is 36.2 Å². The quantitative estimate of drug-likeness (QED) is 0.800. The van der Waals surface area contributed by atoms with Gasteiger partial charge in [0, 0.05) is 11.6 Å². The monoisotopic (exact) mass is 261 g/mol. The molecule has 102 valence electrons. The number of aromatic carboxylic acids is 1. The highest BCUT2D eigenvalue weighted by Crippen LogP contribution is 2.17. The van der Waals surface area contributed by atoms with Crippen LogP contribution in [0, 0.1) is 12.8 Å². The van der Waals surface area contributed by atoms with Gasteiger partial charge in [0.15, 0.2) is 0 Å². The number of anilines is 1. The molecule has 1 unspecified atom stereocenters. The number of aryl methyl sites for hydroxylation is 1. The Morgan fingerprint density at radius 2 is 2.05 bits per heavy atom. The van der Waals surface area contributed by atoms with Gasteiger partial charge in [-0.05, 0) is 44.0 Å². The molecule has 0 fully saturated rings. The molecule has 1 rings (SSSR count). The molecule has 0 bridgehead atoms. The van der Waals surface area contributed by atoms with Crippen LogP contribution in [0.2, 0.25) is 0 Å². The summed E-state index contributed by atoms with van der Waals surface area (Å²) in [6.07, 6.45) is 0.637. The summed E-state index contributed by atoms with van der Waals surface area (Å²) < 4.78 is 0. The van der Waals surface area contributed by atoms with E-state index in [0.717, 1.165) is 5.57 Å². The number of benzene rings is 1. The summed E-state index contributed by atoms with van der Waals surface area (Å²) >= 11 is 0. The smallest absolute Gasteiger partial charge is 0.335 e. The fraction of sp³-hybridized carbons (Fsp3) is 0.333. The SMILES string of the molecule is C=C(C)CC(C)C(=O)Nc1ccc(C(=O)O)c(C)c1. The maximum absolute atomic E-state index is 11.9. The average Bonchev–Trinajstić information content (AvgIpc) is 2.27. The van der Waals surface area contributed by atoms with Crippen LogP contribution < -0.4 is 5.32 Å². The Morgan fingerprint density at radius 1 is 1.42 bits per heavy atom. The first kappa shape index (κ1) is 15.0. The number of carbonyl (C=O) groups excluding carboxylic acids is 1. The fourth-order valence-electron chi connectivity index (χ4n) is 1.86. The number of carbonyl (C=O) groups is 2. The number of allylic oxidation sites excluding steroid dienone is 1. The van der Waals surface area contributed by atoms with Crippen LogP contribution in [0.25, 0.3) is 0 Å². The number of carboxylic acids is 1. The van der Waals surface area contributed by atoms with Crippen molar-refractivity contribution in [3.63, 3.8) is 0 Å². The highest BCUT2D eigenvalue weighted by molar-refractivity contribution is 5.94. The van der Waals surface area contributed by atoms with Crippen LogP contribution in [-0.2, 0) is 4.79 Å². The highest BCUT2D eigenvalue weighted by atomic mass is 16.4. The molecule has 0 spiro atoms. The third kappa shape index (κ3) is 4.25. The first-order chi connectivity index (χ1) is 8.81. The van der Waals surface area contributed by atoms with Crippen molar-refractivity contribution in [1.29, 1.82) is 0 Å². The molecule has 4 heteroatoms. The minimum Gasteiger partial charge on any atom is -0.478 e. The van der Waals surface area contributed by atoms with E-state index < -0.39 is 5.97 Å². The summed E-state index contributed by atoms with van der Waals surface area (Å²) in [5.74, 6) is -1.21. The Balaban J connectivity index is 2.78. The van der Waals surface area contributed by atoms with Gasteiger partial charge in [0.1, 0.15) is 0 Å². The predicted octanol–water partition coefficient (Wildman–Crippen LogP) is 3.23. The lowest BCUT2D eigenvalue weighted by Crippen LogP contribution is -2.20. The minimum absolute atomic E-state index is 0.0922. The topological polar surface area (TPSA) is 66.4 Å². The first-order valence-corrected chi connectivity index (χ1v) is 6.10. The van der Waals surface area contributed by atoms with E-state index in [9.17, 15) is 9.59 Å². The molecule has 0 saturated heterocycles. The Bertz CT molecular complexity index is 520. The second kappa shape index (κ2) is 6.18. The molecular weight excluding hydrogens is 242 g/mol. The Labute approximate surface area is 113 Å². The number of hydrogen-bond donors (Lipinski definition) is 2. The van der Waals surface area contributed by atoms with Crippen LogP contribution in [-0.4, -0.2) is 17.0 Å². The largest absolute Gasteiger partial charge is 0.478 e. The third-order valence-electron chi connectivity index (χ3n) is 2.83. The fourth-order valence-corrected chi connectivity index (χ4v) is 1.86. The lowest BCUT2D eigenvalue weighted by atomic mass is 10.0. The first-order valence-electron chi connectivity index (χ1n) is 6.10. The molecule has 0 aliphatic heterocycles. The van der Waals surface area contributed by atoms with E-state index in [1.54, 1.807) is 19.1 Å². The molecule has 0 heterocycles. The maximum atomic E-state index is 11.9. The van der Waals surface area contributed by atoms with Crippen LogP contribution in [0.5, 0.6) is 0 Å². The molecule has 0 saturated carbocycles. The van der Waals surface area contributed by atoms with Crippen molar-refractivity contribution in [1.82, 2.24) is 0 Å². The number of hydrogen-bond acceptors (Lipinski definition) is 2. The molecule has 2 N–H and O–H groups in total. The summed E-state index contributed by atoms with van der Waals surface area (Å²) in [6, 6.07) is 4.76. The number of rotatable bonds is 5. The number of amides is 1. The molecule has 1 aromatic rings. The maximum Gasteiger partial charge on any atom is 0.335 e. The van der Waals surface area contributed by atoms with Gasteiger partial charge in [-0.3, -0.25) is 4.79 Å². The molecule has 4 nitrogen and oxygen atoms in total. The van der Waals surface area contributed by atoms with E-state index in [4.69, 9.17) is 5.11 Å². The van der Waals surface area contributed by atoms with Gasteiger partial charge in [-0.15, -0.1) is 6.58 Å². The Morgan fingerprint density at radius 3 is 2.53 bits per heavy atom. The average molecular weight is 261 g/mol. The van der Waals surface area contributed by atoms with Gasteiger partial charge in [-0.25, -0.2) is 4.79 Å². The molecule has 1 amide bonds. The minimum atomic E-state index is -0.967. The second-order valence-corrected chi connectivity index (χ2v) is 4.89. The van der Waals surface area contributed by atoms with Gasteiger partial charge < -0.3 is 10.4 Å². The van der Waals surface area contributed by atoms with Crippen LogP contribution in [0.15, 0.2) is 30.4 Å². The van der Waals surface area contributed by atoms with E-state index >= 15 is 0 Å². The van der Waals surface area contributed by atoms with E-state index in [-0.39, 0.29) is 17.4 Å². The molecule has 1 atom stereocenters. The van der Waals surface area contributed by atoms with E-state index in [1.807, 2.05) is 13.8 Å². The number of carboxylic acid groups (broad SMARTS) is 1. The lowest BCUT2D eigenvalue weighted by molar-refractivity contribution is -0.119. The van der Waals surface area contributed by atoms with Crippen molar-refractivity contribution >= 4 is 17.6 Å². The van der Waals surface area contributed by atoms with Gasteiger partial charge in [0.05, 0.1) is 5.56 Å².